The van der Waals surface area contributed by atoms with Crippen molar-refractivity contribution in [1.82, 2.24) is 4.57 Å². The third-order valence-electron chi connectivity index (χ3n) is 2.50. The number of hydrogen-bond donors (Lipinski definition) is 0. The van der Waals surface area contributed by atoms with Crippen molar-refractivity contribution >= 4 is 19.3 Å². The Morgan fingerprint density at radius 3 is 2.08 bits per heavy atom. The van der Waals surface area contributed by atoms with Crippen LogP contribution in [0.15, 0.2) is 0 Å². The summed E-state index contributed by atoms with van der Waals surface area (Å²) in [6.07, 6.45) is 1.26. The molecule has 0 radical (unpaired) electrons. The zero-order valence-electron chi connectivity index (χ0n) is 8.81. The van der Waals surface area contributed by atoms with Gasteiger partial charge in [-0.3, -0.25) is 0 Å². The molecule has 0 heterocycles. The monoisotopic (exact) mass is 207 g/mol. The van der Waals surface area contributed by atoms with Crippen LogP contribution in [0.25, 0.3) is 0 Å². The van der Waals surface area contributed by atoms with Gasteiger partial charge in [-0.2, -0.15) is 11.1 Å². The van der Waals surface area contributed by atoms with E-state index in [9.17, 15) is 0 Å². The molecule has 0 spiro atoms. The highest BCUT2D eigenvalue weighted by Gasteiger charge is 2.16. The maximum atomic E-state index is 6.39. The molecule has 2 unspecified atom stereocenters. The lowest BCUT2D eigenvalue weighted by Crippen LogP contribution is -2.35. The van der Waals surface area contributed by atoms with Crippen LogP contribution >= 0.6 is 11.1 Å². The summed E-state index contributed by atoms with van der Waals surface area (Å²) in [6.45, 7) is 11.2. The standard InChI is InChI=1S/C9H22ClNSi/c1-5-9(4)8-12(10)11(6-2)7-3/h9,12H,5-8H2,1-4H3. The maximum Gasteiger partial charge on any atom is 0.213 e. The van der Waals surface area contributed by atoms with E-state index in [2.05, 4.69) is 32.3 Å². The quantitative estimate of drug-likeness (QED) is 0.479. The molecule has 0 aromatic rings. The molecular weight excluding hydrogens is 186 g/mol. The van der Waals surface area contributed by atoms with E-state index in [4.69, 9.17) is 11.1 Å². The van der Waals surface area contributed by atoms with Gasteiger partial charge in [-0.25, -0.2) is 0 Å². The van der Waals surface area contributed by atoms with Gasteiger partial charge in [-0.1, -0.05) is 34.1 Å². The number of nitrogens with zero attached hydrogens (tertiary/aromatic N) is 1. The minimum absolute atomic E-state index is 0.805. The lowest BCUT2D eigenvalue weighted by Gasteiger charge is -2.24. The Hall–Kier alpha value is 0.467. The van der Waals surface area contributed by atoms with Gasteiger partial charge in [-0.15, -0.1) is 0 Å². The van der Waals surface area contributed by atoms with Crippen molar-refractivity contribution in [3.8, 4) is 0 Å². The van der Waals surface area contributed by atoms with Gasteiger partial charge in [0, 0.05) is 0 Å². The number of hydrogen-bond acceptors (Lipinski definition) is 1. The first-order valence-electron chi connectivity index (χ1n) is 5.03. The van der Waals surface area contributed by atoms with Crippen LogP contribution in [0.5, 0.6) is 0 Å². The molecule has 12 heavy (non-hydrogen) atoms. The lowest BCUT2D eigenvalue weighted by atomic mass is 10.2. The van der Waals surface area contributed by atoms with E-state index in [1.807, 2.05) is 0 Å². The summed E-state index contributed by atoms with van der Waals surface area (Å²) in [4.78, 5) is 0. The van der Waals surface area contributed by atoms with Gasteiger partial charge in [0.2, 0.25) is 8.27 Å². The molecule has 0 aliphatic heterocycles. The van der Waals surface area contributed by atoms with E-state index >= 15 is 0 Å². The summed E-state index contributed by atoms with van der Waals surface area (Å²) < 4.78 is 2.44. The summed E-state index contributed by atoms with van der Waals surface area (Å²) in [7, 11) is -1.09. The fourth-order valence-electron chi connectivity index (χ4n) is 1.27. The van der Waals surface area contributed by atoms with Crippen LogP contribution in [0.4, 0.5) is 0 Å². The second-order valence-corrected chi connectivity index (χ2v) is 6.99. The van der Waals surface area contributed by atoms with E-state index in [-0.39, 0.29) is 0 Å². The van der Waals surface area contributed by atoms with E-state index in [1.54, 1.807) is 0 Å². The summed E-state index contributed by atoms with van der Waals surface area (Å²) in [6, 6.07) is 1.25. The Bertz CT molecular complexity index is 107. The van der Waals surface area contributed by atoms with Crippen LogP contribution in [0.1, 0.15) is 34.1 Å². The van der Waals surface area contributed by atoms with E-state index < -0.39 is 8.27 Å². The van der Waals surface area contributed by atoms with E-state index in [0.29, 0.717) is 0 Å². The Morgan fingerprint density at radius 1 is 1.25 bits per heavy atom. The van der Waals surface area contributed by atoms with Crippen LogP contribution in [-0.4, -0.2) is 25.9 Å². The van der Waals surface area contributed by atoms with Crippen LogP contribution in [0, 0.1) is 5.92 Å². The molecule has 2 atom stereocenters. The molecule has 0 amide bonds. The first-order valence-corrected chi connectivity index (χ1v) is 8.11. The van der Waals surface area contributed by atoms with Crippen LogP contribution in [-0.2, 0) is 0 Å². The molecule has 0 aromatic carbocycles. The van der Waals surface area contributed by atoms with Crippen LogP contribution < -0.4 is 0 Å². The average Bonchev–Trinajstić information content (AvgIpc) is 2.06. The molecule has 0 aliphatic rings. The van der Waals surface area contributed by atoms with Gasteiger partial charge >= 0.3 is 0 Å². The molecule has 0 fully saturated rings. The number of rotatable bonds is 6. The molecule has 0 saturated carbocycles. The Labute approximate surface area is 83.5 Å². The molecular formula is C9H22ClNSi. The fraction of sp³-hybridized carbons (Fsp3) is 1.00. The van der Waals surface area contributed by atoms with Gasteiger partial charge in [0.15, 0.2) is 0 Å². The molecule has 3 heteroatoms. The van der Waals surface area contributed by atoms with Crippen molar-refractivity contribution in [2.45, 2.75) is 40.2 Å². The zero-order chi connectivity index (χ0) is 9.56. The van der Waals surface area contributed by atoms with Crippen LogP contribution in [0.2, 0.25) is 6.04 Å². The highest BCUT2D eigenvalue weighted by atomic mass is 35.6. The lowest BCUT2D eigenvalue weighted by molar-refractivity contribution is 0.475. The van der Waals surface area contributed by atoms with Gasteiger partial charge in [0.05, 0.1) is 0 Å². The minimum Gasteiger partial charge on any atom is -0.315 e. The molecule has 74 valence electrons. The molecule has 0 saturated heterocycles. The zero-order valence-corrected chi connectivity index (χ0v) is 10.7. The number of halogens is 1. The Morgan fingerprint density at radius 2 is 1.75 bits per heavy atom. The third-order valence-corrected chi connectivity index (χ3v) is 6.58. The predicted molar refractivity (Wildman–Crippen MR) is 60.2 cm³/mol. The molecule has 0 aliphatic carbocycles. The molecule has 0 bridgehead atoms. The predicted octanol–water partition coefficient (Wildman–Crippen LogP) is 2.83. The second-order valence-electron chi connectivity index (χ2n) is 3.40. The normalized spacial score (nSPS) is 16.5. The summed E-state index contributed by atoms with van der Waals surface area (Å²) >= 11 is 6.39. The Balaban J connectivity index is 3.75. The molecule has 0 aromatic heterocycles. The summed E-state index contributed by atoms with van der Waals surface area (Å²) in [5.74, 6) is 0.805. The van der Waals surface area contributed by atoms with E-state index in [1.165, 1.54) is 12.5 Å². The Kier molecular flexibility index (Phi) is 7.20. The van der Waals surface area contributed by atoms with Gasteiger partial charge in [0.25, 0.3) is 0 Å². The topological polar surface area (TPSA) is 3.24 Å². The van der Waals surface area contributed by atoms with Gasteiger partial charge in [-0.05, 0) is 25.1 Å². The van der Waals surface area contributed by atoms with Crippen molar-refractivity contribution < 1.29 is 0 Å². The van der Waals surface area contributed by atoms with Crippen molar-refractivity contribution in [2.24, 2.45) is 5.92 Å². The smallest absolute Gasteiger partial charge is 0.213 e. The first-order chi connectivity index (χ1) is 5.65. The third kappa shape index (κ3) is 4.48. The summed E-state index contributed by atoms with van der Waals surface area (Å²) in [5, 5.41) is 0. The van der Waals surface area contributed by atoms with Crippen molar-refractivity contribution in [3.63, 3.8) is 0 Å². The van der Waals surface area contributed by atoms with Crippen molar-refractivity contribution in [3.05, 3.63) is 0 Å². The van der Waals surface area contributed by atoms with Crippen LogP contribution in [0.3, 0.4) is 0 Å². The minimum atomic E-state index is -1.09. The largest absolute Gasteiger partial charge is 0.315 e. The van der Waals surface area contributed by atoms with E-state index in [0.717, 1.165) is 19.0 Å². The van der Waals surface area contributed by atoms with Gasteiger partial charge < -0.3 is 4.57 Å². The highest BCUT2D eigenvalue weighted by Crippen LogP contribution is 2.15. The maximum absolute atomic E-state index is 6.39. The van der Waals surface area contributed by atoms with Crippen molar-refractivity contribution in [2.75, 3.05) is 13.1 Å². The molecule has 1 nitrogen and oxygen atoms in total. The molecule has 0 N–H and O–H groups in total. The summed E-state index contributed by atoms with van der Waals surface area (Å²) in [5.41, 5.74) is 0. The molecule has 0 rings (SSSR count). The fourth-order valence-corrected chi connectivity index (χ4v) is 5.10. The highest BCUT2D eigenvalue weighted by molar-refractivity contribution is 7.05. The SMILES string of the molecule is CCC(C)C[SiH](Cl)N(CC)CC. The van der Waals surface area contributed by atoms with Crippen molar-refractivity contribution in [1.29, 1.82) is 0 Å². The average molecular weight is 208 g/mol. The van der Waals surface area contributed by atoms with Gasteiger partial charge in [0.1, 0.15) is 0 Å². The second kappa shape index (κ2) is 6.93. The first kappa shape index (κ1) is 12.5.